The van der Waals surface area contributed by atoms with E-state index in [1.165, 1.54) is 0 Å². The molecule has 0 aromatic heterocycles. The number of carboxylic acids is 1. The van der Waals surface area contributed by atoms with Crippen LogP contribution in [0.5, 0.6) is 0 Å². The monoisotopic (exact) mass is 546 g/mol. The molecule has 2 atom stereocenters. The maximum atomic E-state index is 12.7. The van der Waals surface area contributed by atoms with Gasteiger partial charge in [-0.3, -0.25) is 33.8 Å². The summed E-state index contributed by atoms with van der Waals surface area (Å²) in [6, 6.07) is 4.01. The van der Waals surface area contributed by atoms with Crippen LogP contribution in [0.25, 0.3) is 0 Å². The van der Waals surface area contributed by atoms with Crippen LogP contribution in [-0.4, -0.2) is 78.3 Å². The molecule has 10 N–H and O–H groups in total. The Kier molecular flexibility index (Phi) is 12.2. The van der Waals surface area contributed by atoms with Gasteiger partial charge in [-0.1, -0.05) is 12.1 Å². The number of guanidine groups is 1. The number of benzene rings is 1. The fraction of sp³-hybridized carbons (Fsp3) is 0.458. The summed E-state index contributed by atoms with van der Waals surface area (Å²) in [6.07, 6.45) is 0.146. The van der Waals surface area contributed by atoms with E-state index in [1.807, 2.05) is 0 Å². The Hall–Kier alpha value is -4.69. The van der Waals surface area contributed by atoms with Gasteiger partial charge < -0.3 is 43.2 Å². The lowest BCUT2D eigenvalue weighted by molar-refractivity contribution is -0.140. The van der Waals surface area contributed by atoms with Crippen molar-refractivity contribution >= 4 is 41.5 Å². The first-order valence-corrected chi connectivity index (χ1v) is 12.3. The Labute approximate surface area is 224 Å². The first-order chi connectivity index (χ1) is 18.5. The highest BCUT2D eigenvalue weighted by Crippen LogP contribution is 2.07. The molecule has 0 saturated heterocycles. The number of carbonyl (C=O) groups excluding carboxylic acids is 5. The van der Waals surface area contributed by atoms with Crippen LogP contribution < -0.4 is 38.1 Å². The molecule has 2 bridgehead atoms. The van der Waals surface area contributed by atoms with Crippen LogP contribution in [0.3, 0.4) is 0 Å². The lowest BCUT2D eigenvalue weighted by Crippen LogP contribution is -2.52. The molecule has 212 valence electrons. The van der Waals surface area contributed by atoms with Crippen molar-refractivity contribution in [3.8, 4) is 0 Å². The zero-order valence-electron chi connectivity index (χ0n) is 21.3. The first-order valence-electron chi connectivity index (χ1n) is 12.3. The van der Waals surface area contributed by atoms with E-state index in [2.05, 4.69) is 31.6 Å². The Morgan fingerprint density at radius 1 is 0.949 bits per heavy atom. The molecule has 1 aromatic carbocycles. The van der Waals surface area contributed by atoms with Gasteiger partial charge in [-0.15, -0.1) is 0 Å². The minimum Gasteiger partial charge on any atom is -0.481 e. The van der Waals surface area contributed by atoms with Crippen LogP contribution in [0.15, 0.2) is 29.3 Å². The Morgan fingerprint density at radius 3 is 2.36 bits per heavy atom. The number of aliphatic carboxylic acids is 1. The number of aliphatic imine (C=N–C) groups is 1. The van der Waals surface area contributed by atoms with Gasteiger partial charge in [-0.25, -0.2) is 0 Å². The predicted molar refractivity (Wildman–Crippen MR) is 139 cm³/mol. The second-order valence-electron chi connectivity index (χ2n) is 8.78. The maximum absolute atomic E-state index is 12.7. The van der Waals surface area contributed by atoms with E-state index in [1.54, 1.807) is 24.3 Å². The van der Waals surface area contributed by atoms with Gasteiger partial charge in [0.1, 0.15) is 12.1 Å². The van der Waals surface area contributed by atoms with Crippen molar-refractivity contribution in [2.75, 3.05) is 19.6 Å². The van der Waals surface area contributed by atoms with Crippen molar-refractivity contribution in [2.45, 2.75) is 50.7 Å². The molecule has 39 heavy (non-hydrogen) atoms. The van der Waals surface area contributed by atoms with Gasteiger partial charge in [0, 0.05) is 31.6 Å². The minimum atomic E-state index is -1.42. The van der Waals surface area contributed by atoms with Crippen molar-refractivity contribution in [1.82, 2.24) is 26.6 Å². The van der Waals surface area contributed by atoms with Crippen LogP contribution >= 0.6 is 0 Å². The molecular weight excluding hydrogens is 512 g/mol. The average Bonchev–Trinajstić information content (AvgIpc) is 2.88. The lowest BCUT2D eigenvalue weighted by atomic mass is 10.1. The fourth-order valence-corrected chi connectivity index (χ4v) is 3.65. The summed E-state index contributed by atoms with van der Waals surface area (Å²) in [7, 11) is 0. The van der Waals surface area contributed by atoms with Crippen molar-refractivity contribution in [3.05, 3.63) is 35.4 Å². The molecule has 0 radical (unpaired) electrons. The molecular formula is C24H34N8O7. The van der Waals surface area contributed by atoms with Gasteiger partial charge in [-0.2, -0.15) is 0 Å². The SMILES string of the molecule is NC(N)=NCCC[C@@H]1NC(=O)CCCNC(=O)c2cccc(c2)CNC(=O)[C@@H](CC(=O)O)NC(=O)CNC1=O. The molecule has 15 heteroatoms. The fourth-order valence-electron chi connectivity index (χ4n) is 3.65. The van der Waals surface area contributed by atoms with E-state index >= 15 is 0 Å². The molecule has 1 aliphatic rings. The standard InChI is InChI=1S/C24H34N8O7/c25-24(26)28-9-2-6-16-22(38)30-13-19(34)32-17(11-20(35)36)23(39)29-12-14-4-1-5-15(10-14)21(37)27-8-3-7-18(33)31-16/h1,4-5,10,16-17H,2-3,6-9,11-13H2,(H,27,37)(H,29,39)(H,30,38)(H,31,33)(H,32,34)(H,35,36)(H4,25,26,28)/t16-,17+/m0/s1. The lowest BCUT2D eigenvalue weighted by Gasteiger charge is -2.20. The second-order valence-corrected chi connectivity index (χ2v) is 8.78. The third-order valence-electron chi connectivity index (χ3n) is 5.57. The normalized spacial score (nSPS) is 19.8. The molecule has 0 saturated carbocycles. The summed E-state index contributed by atoms with van der Waals surface area (Å²) in [5, 5.41) is 21.7. The number of fused-ring (bicyclic) bond motifs is 2. The zero-order valence-corrected chi connectivity index (χ0v) is 21.3. The molecule has 1 heterocycles. The van der Waals surface area contributed by atoms with Crippen molar-refractivity contribution in [2.24, 2.45) is 16.5 Å². The number of hydrogen-bond acceptors (Lipinski definition) is 7. The Bertz CT molecular complexity index is 1100. The second kappa shape index (κ2) is 15.5. The highest BCUT2D eigenvalue weighted by Gasteiger charge is 2.25. The minimum absolute atomic E-state index is 0.0234. The summed E-state index contributed by atoms with van der Waals surface area (Å²) in [6.45, 7) is -0.172. The van der Waals surface area contributed by atoms with Crippen LogP contribution in [0.4, 0.5) is 0 Å². The quantitative estimate of drug-likeness (QED) is 0.106. The molecule has 2 rings (SSSR count). The molecule has 0 fully saturated rings. The van der Waals surface area contributed by atoms with Gasteiger partial charge in [0.2, 0.25) is 23.6 Å². The maximum Gasteiger partial charge on any atom is 0.305 e. The Balaban J connectivity index is 2.20. The number of rotatable bonds is 6. The third-order valence-corrected chi connectivity index (χ3v) is 5.57. The topological polar surface area (TPSA) is 247 Å². The number of carboxylic acid groups (broad SMARTS) is 1. The van der Waals surface area contributed by atoms with Crippen LogP contribution in [0.1, 0.15) is 48.0 Å². The van der Waals surface area contributed by atoms with Crippen LogP contribution in [0.2, 0.25) is 0 Å². The molecule has 1 aliphatic heterocycles. The predicted octanol–water partition coefficient (Wildman–Crippen LogP) is -2.56. The van der Waals surface area contributed by atoms with Gasteiger partial charge in [0.15, 0.2) is 5.96 Å². The molecule has 15 nitrogen and oxygen atoms in total. The van der Waals surface area contributed by atoms with E-state index in [4.69, 9.17) is 11.5 Å². The summed E-state index contributed by atoms with van der Waals surface area (Å²) in [4.78, 5) is 77.9. The van der Waals surface area contributed by atoms with E-state index in [9.17, 15) is 33.9 Å². The van der Waals surface area contributed by atoms with E-state index in [0.717, 1.165) is 0 Å². The molecule has 0 aliphatic carbocycles. The average molecular weight is 547 g/mol. The van der Waals surface area contributed by atoms with Gasteiger partial charge in [-0.05, 0) is 37.0 Å². The van der Waals surface area contributed by atoms with E-state index < -0.39 is 54.6 Å². The zero-order chi connectivity index (χ0) is 28.8. The highest BCUT2D eigenvalue weighted by molar-refractivity contribution is 5.95. The van der Waals surface area contributed by atoms with Crippen molar-refractivity contribution in [3.63, 3.8) is 0 Å². The number of hydrogen-bond donors (Lipinski definition) is 8. The van der Waals surface area contributed by atoms with Gasteiger partial charge >= 0.3 is 5.97 Å². The molecule has 0 spiro atoms. The van der Waals surface area contributed by atoms with Crippen molar-refractivity contribution < 1.29 is 33.9 Å². The number of nitrogens with one attached hydrogen (secondary N) is 5. The Morgan fingerprint density at radius 2 is 1.64 bits per heavy atom. The van der Waals surface area contributed by atoms with E-state index in [-0.39, 0.29) is 44.3 Å². The summed E-state index contributed by atoms with van der Waals surface area (Å²) in [5.74, 6) is -4.49. The largest absolute Gasteiger partial charge is 0.481 e. The van der Waals surface area contributed by atoms with E-state index in [0.29, 0.717) is 24.0 Å². The summed E-state index contributed by atoms with van der Waals surface area (Å²) < 4.78 is 0. The third kappa shape index (κ3) is 11.5. The highest BCUT2D eigenvalue weighted by atomic mass is 16.4. The van der Waals surface area contributed by atoms with Gasteiger partial charge in [0.05, 0.1) is 13.0 Å². The number of nitrogens with two attached hydrogens (primary N) is 2. The summed E-state index contributed by atoms with van der Waals surface area (Å²) in [5.41, 5.74) is 11.5. The number of nitrogens with zero attached hydrogens (tertiary/aromatic N) is 1. The van der Waals surface area contributed by atoms with Gasteiger partial charge in [0.25, 0.3) is 5.91 Å². The number of carbonyl (C=O) groups is 6. The smallest absolute Gasteiger partial charge is 0.305 e. The van der Waals surface area contributed by atoms with Crippen LogP contribution in [0, 0.1) is 0 Å². The van der Waals surface area contributed by atoms with Crippen LogP contribution in [-0.2, 0) is 30.5 Å². The van der Waals surface area contributed by atoms with Crippen molar-refractivity contribution in [1.29, 1.82) is 0 Å². The number of amides is 5. The molecule has 5 amide bonds. The first kappa shape index (κ1) is 30.5. The molecule has 1 aromatic rings. The summed E-state index contributed by atoms with van der Waals surface area (Å²) >= 11 is 0. The molecule has 0 unspecified atom stereocenters.